The number of aryl methyl sites for hydroxylation is 1. The molecule has 168 valence electrons. The third kappa shape index (κ3) is 4.52. The van der Waals surface area contributed by atoms with Crippen LogP contribution in [0.5, 0.6) is 0 Å². The lowest BCUT2D eigenvalue weighted by atomic mass is 10.1. The van der Waals surface area contributed by atoms with Crippen molar-refractivity contribution < 1.29 is 8.42 Å². The summed E-state index contributed by atoms with van der Waals surface area (Å²) in [4.78, 5) is 2.67. The predicted octanol–water partition coefficient (Wildman–Crippen LogP) is 5.50. The zero-order valence-corrected chi connectivity index (χ0v) is 19.8. The van der Waals surface area contributed by atoms with Crippen LogP contribution in [0.3, 0.4) is 0 Å². The minimum atomic E-state index is -3.68. The molecule has 4 aromatic rings. The Morgan fingerprint density at radius 3 is 2.38 bits per heavy atom. The van der Waals surface area contributed by atoms with Gasteiger partial charge in [-0.05, 0) is 73.1 Å². The minimum Gasteiger partial charge on any atom is -0.347 e. The van der Waals surface area contributed by atoms with E-state index in [1.807, 2.05) is 48.5 Å². The Kier molecular flexibility index (Phi) is 6.53. The highest BCUT2D eigenvalue weighted by molar-refractivity contribution is 7.92. The van der Waals surface area contributed by atoms with Crippen LogP contribution in [0, 0.1) is 0 Å². The average Bonchev–Trinajstić information content (AvgIpc) is 3.16. The van der Waals surface area contributed by atoms with Gasteiger partial charge in [-0.2, -0.15) is 0 Å². The second kappa shape index (κ2) is 9.35. The molecule has 32 heavy (non-hydrogen) atoms. The summed E-state index contributed by atoms with van der Waals surface area (Å²) >= 11 is 0. The Morgan fingerprint density at radius 2 is 1.66 bits per heavy atom. The van der Waals surface area contributed by atoms with E-state index in [0.717, 1.165) is 54.3 Å². The van der Waals surface area contributed by atoms with E-state index >= 15 is 0 Å². The van der Waals surface area contributed by atoms with Crippen molar-refractivity contribution in [2.75, 3.05) is 24.4 Å². The smallest absolute Gasteiger partial charge is 0.261 e. The van der Waals surface area contributed by atoms with Crippen LogP contribution in [0.1, 0.15) is 26.3 Å². The summed E-state index contributed by atoms with van der Waals surface area (Å²) in [5.74, 6) is 0. The Balaban J connectivity index is 1.65. The van der Waals surface area contributed by atoms with Gasteiger partial charge < -0.3 is 9.47 Å². The van der Waals surface area contributed by atoms with E-state index in [1.54, 1.807) is 12.1 Å². The first kappa shape index (κ1) is 22.4. The number of anilines is 1. The van der Waals surface area contributed by atoms with Gasteiger partial charge >= 0.3 is 0 Å². The number of aromatic nitrogens is 1. The third-order valence-electron chi connectivity index (χ3n) is 6.18. The third-order valence-corrected chi connectivity index (χ3v) is 7.56. The molecule has 0 radical (unpaired) electrons. The zero-order valence-electron chi connectivity index (χ0n) is 19.0. The summed E-state index contributed by atoms with van der Waals surface area (Å²) < 4.78 is 31.2. The van der Waals surface area contributed by atoms with Crippen LogP contribution in [0.15, 0.2) is 71.8 Å². The summed E-state index contributed by atoms with van der Waals surface area (Å²) in [6.45, 7) is 10.4. The number of hydrogen-bond donors (Lipinski definition) is 1. The van der Waals surface area contributed by atoms with E-state index in [9.17, 15) is 8.42 Å². The van der Waals surface area contributed by atoms with Gasteiger partial charge in [-0.1, -0.05) is 44.2 Å². The van der Waals surface area contributed by atoms with Gasteiger partial charge in [-0.25, -0.2) is 8.42 Å². The van der Waals surface area contributed by atoms with Gasteiger partial charge in [0.1, 0.15) is 0 Å². The largest absolute Gasteiger partial charge is 0.347 e. The average molecular weight is 450 g/mol. The number of sulfonamides is 1. The van der Waals surface area contributed by atoms with Gasteiger partial charge in [-0.3, -0.25) is 4.72 Å². The van der Waals surface area contributed by atoms with E-state index in [0.29, 0.717) is 5.69 Å². The monoisotopic (exact) mass is 449 g/mol. The maximum Gasteiger partial charge on any atom is 0.261 e. The number of hydrogen-bond acceptors (Lipinski definition) is 3. The molecule has 0 aliphatic heterocycles. The lowest BCUT2D eigenvalue weighted by Gasteiger charge is -2.17. The summed E-state index contributed by atoms with van der Waals surface area (Å²) in [6.07, 6.45) is 3.14. The van der Waals surface area contributed by atoms with Crippen molar-refractivity contribution in [3.05, 3.63) is 72.4 Å². The summed E-state index contributed by atoms with van der Waals surface area (Å²) in [5, 5.41) is 3.04. The molecule has 0 saturated carbocycles. The lowest BCUT2D eigenvalue weighted by molar-refractivity contribution is 0.308. The summed E-state index contributed by atoms with van der Waals surface area (Å²) in [6, 6.07) is 18.8. The van der Waals surface area contributed by atoms with Crippen molar-refractivity contribution in [1.29, 1.82) is 0 Å². The number of rotatable bonds is 9. The van der Waals surface area contributed by atoms with E-state index in [2.05, 4.69) is 41.2 Å². The molecule has 0 fully saturated rings. The SMILES string of the molecule is CCN(CC)CCc1cn(CC)c2ccc(NS(=O)(=O)c3ccc4ccccc4c3)cc12. The highest BCUT2D eigenvalue weighted by atomic mass is 32.2. The van der Waals surface area contributed by atoms with Crippen molar-refractivity contribution in [3.63, 3.8) is 0 Å². The first-order chi connectivity index (χ1) is 15.4. The molecule has 3 aromatic carbocycles. The lowest BCUT2D eigenvalue weighted by Crippen LogP contribution is -2.25. The molecule has 0 atom stereocenters. The second-order valence-corrected chi connectivity index (χ2v) is 9.75. The van der Waals surface area contributed by atoms with E-state index in [1.165, 1.54) is 5.56 Å². The topological polar surface area (TPSA) is 54.3 Å². The molecule has 6 heteroatoms. The number of benzene rings is 3. The fourth-order valence-electron chi connectivity index (χ4n) is 4.26. The standard InChI is InChI=1S/C26H31N3O2S/c1-4-28(5-2)16-15-22-19-29(6-3)26-14-12-23(18-25(22)26)27-32(30,31)24-13-11-20-9-7-8-10-21(20)17-24/h7-14,17-19,27H,4-6,15-16H2,1-3H3. The predicted molar refractivity (Wildman–Crippen MR) is 134 cm³/mol. The molecule has 5 nitrogen and oxygen atoms in total. The molecule has 0 spiro atoms. The van der Waals surface area contributed by atoms with Crippen molar-refractivity contribution >= 4 is 37.4 Å². The van der Waals surface area contributed by atoms with Gasteiger partial charge in [0, 0.05) is 35.9 Å². The van der Waals surface area contributed by atoms with Crippen molar-refractivity contribution in [1.82, 2.24) is 9.47 Å². The molecule has 4 rings (SSSR count). The molecule has 0 unspecified atom stereocenters. The highest BCUT2D eigenvalue weighted by Crippen LogP contribution is 2.28. The molecule has 0 bridgehead atoms. The van der Waals surface area contributed by atoms with Crippen molar-refractivity contribution in [3.8, 4) is 0 Å². The normalized spacial score (nSPS) is 12.1. The van der Waals surface area contributed by atoms with Gasteiger partial charge in [0.05, 0.1) is 4.90 Å². The molecule has 1 N–H and O–H groups in total. The maximum atomic E-state index is 13.1. The van der Waals surface area contributed by atoms with Crippen LogP contribution in [-0.4, -0.2) is 37.5 Å². The Bertz CT molecular complexity index is 1340. The van der Waals surface area contributed by atoms with Gasteiger partial charge in [0.25, 0.3) is 10.0 Å². The van der Waals surface area contributed by atoms with Gasteiger partial charge in [0.15, 0.2) is 0 Å². The van der Waals surface area contributed by atoms with E-state index < -0.39 is 10.0 Å². The first-order valence-corrected chi connectivity index (χ1v) is 12.8. The van der Waals surface area contributed by atoms with Crippen LogP contribution >= 0.6 is 0 Å². The maximum absolute atomic E-state index is 13.1. The minimum absolute atomic E-state index is 0.268. The van der Waals surface area contributed by atoms with Crippen LogP contribution < -0.4 is 4.72 Å². The Hall–Kier alpha value is -2.83. The first-order valence-electron chi connectivity index (χ1n) is 11.3. The molecule has 1 heterocycles. The Labute approximate surface area is 190 Å². The number of nitrogens with zero attached hydrogens (tertiary/aromatic N) is 2. The molecule has 0 saturated heterocycles. The number of fused-ring (bicyclic) bond motifs is 2. The summed E-state index contributed by atoms with van der Waals surface area (Å²) in [5.41, 5.74) is 2.97. The highest BCUT2D eigenvalue weighted by Gasteiger charge is 2.16. The Morgan fingerprint density at radius 1 is 0.906 bits per heavy atom. The number of likely N-dealkylation sites (N-methyl/N-ethyl adjacent to an activating group) is 1. The summed E-state index contributed by atoms with van der Waals surface area (Å²) in [7, 11) is -3.68. The van der Waals surface area contributed by atoms with Crippen molar-refractivity contribution in [2.45, 2.75) is 38.6 Å². The van der Waals surface area contributed by atoms with Crippen molar-refractivity contribution in [2.24, 2.45) is 0 Å². The molecule has 0 aliphatic carbocycles. The van der Waals surface area contributed by atoms with Gasteiger partial charge in [-0.15, -0.1) is 0 Å². The van der Waals surface area contributed by atoms with Crippen LogP contribution in [0.2, 0.25) is 0 Å². The van der Waals surface area contributed by atoms with Crippen LogP contribution in [0.4, 0.5) is 5.69 Å². The molecule has 1 aromatic heterocycles. The zero-order chi connectivity index (χ0) is 22.7. The van der Waals surface area contributed by atoms with E-state index in [4.69, 9.17) is 0 Å². The van der Waals surface area contributed by atoms with Crippen LogP contribution in [0.25, 0.3) is 21.7 Å². The van der Waals surface area contributed by atoms with E-state index in [-0.39, 0.29) is 4.90 Å². The molecule has 0 amide bonds. The number of nitrogens with one attached hydrogen (secondary N) is 1. The molecular weight excluding hydrogens is 418 g/mol. The quantitative estimate of drug-likeness (QED) is 0.367. The van der Waals surface area contributed by atoms with Crippen LogP contribution in [-0.2, 0) is 23.0 Å². The second-order valence-electron chi connectivity index (χ2n) is 8.06. The molecular formula is C26H31N3O2S. The fraction of sp³-hybridized carbons (Fsp3) is 0.308. The fourth-order valence-corrected chi connectivity index (χ4v) is 5.35. The van der Waals surface area contributed by atoms with Gasteiger partial charge in [0.2, 0.25) is 0 Å². The molecule has 0 aliphatic rings.